The fourth-order valence-corrected chi connectivity index (χ4v) is 2.37. The number of nitrogens with one attached hydrogen (secondary N) is 1. The standard InChI is InChI=1S/C16H16N4O2/c1-10-6-7-17-13(9-10)19-16(21)14-11(2)18-15-12(22-3)5-4-8-20(14)15/h4-9H,1-3H3,(H,17,19,21). The highest BCUT2D eigenvalue weighted by Gasteiger charge is 2.19. The maximum Gasteiger partial charge on any atom is 0.275 e. The molecule has 0 saturated carbocycles. The summed E-state index contributed by atoms with van der Waals surface area (Å²) >= 11 is 0. The highest BCUT2D eigenvalue weighted by molar-refractivity contribution is 6.04. The number of carbonyl (C=O) groups excluding carboxylic acids is 1. The largest absolute Gasteiger partial charge is 0.493 e. The van der Waals surface area contributed by atoms with E-state index in [-0.39, 0.29) is 5.91 Å². The van der Waals surface area contributed by atoms with E-state index >= 15 is 0 Å². The summed E-state index contributed by atoms with van der Waals surface area (Å²) in [6.07, 6.45) is 3.45. The van der Waals surface area contributed by atoms with Crippen molar-refractivity contribution in [3.05, 3.63) is 53.6 Å². The van der Waals surface area contributed by atoms with Gasteiger partial charge >= 0.3 is 0 Å². The normalized spacial score (nSPS) is 10.7. The molecular formula is C16H16N4O2. The molecule has 6 nitrogen and oxygen atoms in total. The molecule has 0 fully saturated rings. The van der Waals surface area contributed by atoms with E-state index in [0.29, 0.717) is 28.6 Å². The number of hydrogen-bond acceptors (Lipinski definition) is 4. The molecule has 0 aliphatic heterocycles. The Hall–Kier alpha value is -2.89. The van der Waals surface area contributed by atoms with E-state index in [1.807, 2.05) is 31.2 Å². The summed E-state index contributed by atoms with van der Waals surface area (Å²) in [4.78, 5) is 21.1. The topological polar surface area (TPSA) is 68.5 Å². The van der Waals surface area contributed by atoms with Crippen LogP contribution in [0.2, 0.25) is 0 Å². The lowest BCUT2D eigenvalue weighted by atomic mass is 10.3. The van der Waals surface area contributed by atoms with Gasteiger partial charge in [-0.2, -0.15) is 0 Å². The summed E-state index contributed by atoms with van der Waals surface area (Å²) in [6, 6.07) is 7.32. The van der Waals surface area contributed by atoms with Crippen molar-refractivity contribution in [2.75, 3.05) is 12.4 Å². The molecule has 0 unspecified atom stereocenters. The van der Waals surface area contributed by atoms with Crippen LogP contribution < -0.4 is 10.1 Å². The van der Waals surface area contributed by atoms with Crippen LogP contribution in [-0.2, 0) is 0 Å². The van der Waals surface area contributed by atoms with Crippen LogP contribution >= 0.6 is 0 Å². The summed E-state index contributed by atoms with van der Waals surface area (Å²) in [5.74, 6) is 0.886. The van der Waals surface area contributed by atoms with Crippen LogP contribution in [0.25, 0.3) is 5.65 Å². The molecule has 112 valence electrons. The van der Waals surface area contributed by atoms with Crippen molar-refractivity contribution in [1.82, 2.24) is 14.4 Å². The summed E-state index contributed by atoms with van der Waals surface area (Å²) in [6.45, 7) is 3.74. The zero-order valence-electron chi connectivity index (χ0n) is 12.6. The summed E-state index contributed by atoms with van der Waals surface area (Å²) < 4.78 is 7.00. The maximum absolute atomic E-state index is 12.6. The molecular weight excluding hydrogens is 280 g/mol. The Morgan fingerprint density at radius 3 is 2.86 bits per heavy atom. The number of aryl methyl sites for hydroxylation is 2. The molecule has 3 heterocycles. The van der Waals surface area contributed by atoms with Crippen molar-refractivity contribution in [3.8, 4) is 5.75 Å². The first-order valence-corrected chi connectivity index (χ1v) is 6.86. The van der Waals surface area contributed by atoms with E-state index < -0.39 is 0 Å². The van der Waals surface area contributed by atoms with Crippen LogP contribution in [-0.4, -0.2) is 27.4 Å². The van der Waals surface area contributed by atoms with Crippen LogP contribution in [0.4, 0.5) is 5.82 Å². The number of anilines is 1. The summed E-state index contributed by atoms with van der Waals surface area (Å²) in [7, 11) is 1.58. The number of fused-ring (bicyclic) bond motifs is 1. The van der Waals surface area contributed by atoms with Crippen LogP contribution in [0.1, 0.15) is 21.7 Å². The minimum Gasteiger partial charge on any atom is -0.493 e. The molecule has 22 heavy (non-hydrogen) atoms. The molecule has 0 atom stereocenters. The second-order valence-corrected chi connectivity index (χ2v) is 4.99. The van der Waals surface area contributed by atoms with Crippen LogP contribution in [0.5, 0.6) is 5.75 Å². The SMILES string of the molecule is COc1cccn2c(C(=O)Nc3cc(C)ccn3)c(C)nc12. The van der Waals surface area contributed by atoms with E-state index in [1.54, 1.807) is 30.8 Å². The smallest absolute Gasteiger partial charge is 0.275 e. The predicted octanol–water partition coefficient (Wildman–Crippen LogP) is 2.61. The second kappa shape index (κ2) is 5.48. The van der Waals surface area contributed by atoms with Gasteiger partial charge < -0.3 is 10.1 Å². The third-order valence-electron chi connectivity index (χ3n) is 3.38. The number of aromatic nitrogens is 3. The Kier molecular flexibility index (Phi) is 3.50. The van der Waals surface area contributed by atoms with Gasteiger partial charge in [0.05, 0.1) is 12.8 Å². The summed E-state index contributed by atoms with van der Waals surface area (Å²) in [5, 5.41) is 2.80. The fourth-order valence-electron chi connectivity index (χ4n) is 2.37. The van der Waals surface area contributed by atoms with Gasteiger partial charge in [-0.15, -0.1) is 0 Å². The Bertz CT molecular complexity index is 854. The van der Waals surface area contributed by atoms with Gasteiger partial charge in [0, 0.05) is 12.4 Å². The number of methoxy groups -OCH3 is 1. The zero-order chi connectivity index (χ0) is 15.7. The summed E-state index contributed by atoms with van der Waals surface area (Å²) in [5.41, 5.74) is 2.75. The first kappa shape index (κ1) is 14.1. The van der Waals surface area contributed by atoms with Gasteiger partial charge in [0.15, 0.2) is 11.4 Å². The Labute approximate surface area is 127 Å². The van der Waals surface area contributed by atoms with E-state index in [4.69, 9.17) is 4.74 Å². The van der Waals surface area contributed by atoms with E-state index in [2.05, 4.69) is 15.3 Å². The van der Waals surface area contributed by atoms with Gasteiger partial charge in [-0.1, -0.05) is 0 Å². The van der Waals surface area contributed by atoms with Crippen molar-refractivity contribution < 1.29 is 9.53 Å². The number of carbonyl (C=O) groups is 1. The minimum atomic E-state index is -0.253. The van der Waals surface area contributed by atoms with Crippen LogP contribution in [0.15, 0.2) is 36.7 Å². The molecule has 3 aromatic heterocycles. The molecule has 0 aromatic carbocycles. The van der Waals surface area contributed by atoms with Crippen molar-refractivity contribution in [2.24, 2.45) is 0 Å². The first-order chi connectivity index (χ1) is 10.6. The lowest BCUT2D eigenvalue weighted by Crippen LogP contribution is -2.16. The molecule has 0 aliphatic rings. The fraction of sp³-hybridized carbons (Fsp3) is 0.188. The van der Waals surface area contributed by atoms with Gasteiger partial charge in [-0.25, -0.2) is 9.97 Å². The lowest BCUT2D eigenvalue weighted by molar-refractivity contribution is 0.102. The molecule has 0 bridgehead atoms. The molecule has 0 aliphatic carbocycles. The third-order valence-corrected chi connectivity index (χ3v) is 3.38. The number of rotatable bonds is 3. The number of nitrogens with zero attached hydrogens (tertiary/aromatic N) is 3. The zero-order valence-corrected chi connectivity index (χ0v) is 12.6. The van der Waals surface area contributed by atoms with Gasteiger partial charge in [-0.05, 0) is 43.7 Å². The maximum atomic E-state index is 12.6. The van der Waals surface area contributed by atoms with Crippen molar-refractivity contribution >= 4 is 17.4 Å². The molecule has 1 amide bonds. The molecule has 6 heteroatoms. The molecule has 1 N–H and O–H groups in total. The van der Waals surface area contributed by atoms with Crippen molar-refractivity contribution in [2.45, 2.75) is 13.8 Å². The molecule has 3 aromatic rings. The first-order valence-electron chi connectivity index (χ1n) is 6.86. The van der Waals surface area contributed by atoms with Crippen molar-refractivity contribution in [1.29, 1.82) is 0 Å². The van der Waals surface area contributed by atoms with Gasteiger partial charge in [0.2, 0.25) is 0 Å². The predicted molar refractivity (Wildman–Crippen MR) is 83.4 cm³/mol. The second-order valence-electron chi connectivity index (χ2n) is 4.99. The lowest BCUT2D eigenvalue weighted by Gasteiger charge is -2.06. The third kappa shape index (κ3) is 2.39. The Balaban J connectivity index is 2.02. The number of imidazole rings is 1. The highest BCUT2D eigenvalue weighted by atomic mass is 16.5. The number of pyridine rings is 2. The van der Waals surface area contributed by atoms with Gasteiger partial charge in [0.25, 0.3) is 5.91 Å². The molecule has 0 saturated heterocycles. The van der Waals surface area contributed by atoms with Crippen molar-refractivity contribution in [3.63, 3.8) is 0 Å². The molecule has 3 rings (SSSR count). The number of hydrogen-bond donors (Lipinski definition) is 1. The molecule has 0 radical (unpaired) electrons. The average molecular weight is 296 g/mol. The van der Waals surface area contributed by atoms with Gasteiger partial charge in [0.1, 0.15) is 11.5 Å². The average Bonchev–Trinajstić information content (AvgIpc) is 2.83. The van der Waals surface area contributed by atoms with E-state index in [9.17, 15) is 4.79 Å². The van der Waals surface area contributed by atoms with Crippen LogP contribution in [0, 0.1) is 13.8 Å². The minimum absolute atomic E-state index is 0.253. The molecule has 0 spiro atoms. The number of amides is 1. The number of ether oxygens (including phenoxy) is 1. The Morgan fingerprint density at radius 1 is 1.32 bits per heavy atom. The van der Waals surface area contributed by atoms with Gasteiger partial charge in [-0.3, -0.25) is 9.20 Å². The monoisotopic (exact) mass is 296 g/mol. The van der Waals surface area contributed by atoms with E-state index in [1.165, 1.54) is 0 Å². The Morgan fingerprint density at radius 2 is 2.14 bits per heavy atom. The quantitative estimate of drug-likeness (QED) is 0.806. The highest BCUT2D eigenvalue weighted by Crippen LogP contribution is 2.22. The van der Waals surface area contributed by atoms with E-state index in [0.717, 1.165) is 5.56 Å². The van der Waals surface area contributed by atoms with Crippen LogP contribution in [0.3, 0.4) is 0 Å².